The lowest BCUT2D eigenvalue weighted by Crippen LogP contribution is -2.50. The SMILES string of the molecule is Cc1cc(C)n(Cc2cccc(C(=O)N3CCCC(=O)NCCNc4ccnc(c4)C(=O)N[C@@H](Cc4ccccc4)C(=O)NCC3)c2)n1. The summed E-state index contributed by atoms with van der Waals surface area (Å²) in [6, 6.07) is 21.4. The van der Waals surface area contributed by atoms with Gasteiger partial charge < -0.3 is 26.2 Å². The number of amides is 4. The second kappa shape index (κ2) is 16.3. The summed E-state index contributed by atoms with van der Waals surface area (Å²) in [6.07, 6.45) is 2.48. The minimum absolute atomic E-state index is 0.124. The fraction of sp³-hybridized carbons (Fsp3) is 0.333. The van der Waals surface area contributed by atoms with Crippen LogP contribution in [0.1, 0.15) is 56.2 Å². The second-order valence-electron chi connectivity index (χ2n) is 11.9. The lowest BCUT2D eigenvalue weighted by atomic mass is 10.0. The van der Waals surface area contributed by atoms with Gasteiger partial charge in [-0.1, -0.05) is 42.5 Å². The van der Waals surface area contributed by atoms with E-state index in [1.807, 2.05) is 73.1 Å². The maximum atomic E-state index is 13.9. The highest BCUT2D eigenvalue weighted by Gasteiger charge is 2.24. The number of nitrogens with one attached hydrogen (secondary N) is 4. The summed E-state index contributed by atoms with van der Waals surface area (Å²) in [4.78, 5) is 59.1. The molecular weight excluding hydrogens is 608 g/mol. The van der Waals surface area contributed by atoms with E-state index in [0.29, 0.717) is 43.9 Å². The van der Waals surface area contributed by atoms with E-state index in [1.165, 1.54) is 6.20 Å². The molecule has 12 heteroatoms. The van der Waals surface area contributed by atoms with Crippen LogP contribution in [0, 0.1) is 13.8 Å². The van der Waals surface area contributed by atoms with Gasteiger partial charge in [0.05, 0.1) is 12.2 Å². The number of fused-ring (bicyclic) bond motifs is 2. The number of benzene rings is 2. The van der Waals surface area contributed by atoms with Gasteiger partial charge in [0.15, 0.2) is 0 Å². The summed E-state index contributed by atoms with van der Waals surface area (Å²) < 4.78 is 1.90. The molecule has 2 aromatic heterocycles. The topological polar surface area (TPSA) is 150 Å². The molecule has 0 aliphatic carbocycles. The molecule has 12 nitrogen and oxygen atoms in total. The number of nitrogens with zero attached hydrogens (tertiary/aromatic N) is 4. The van der Waals surface area contributed by atoms with Crippen LogP contribution >= 0.6 is 0 Å². The van der Waals surface area contributed by atoms with Crippen molar-refractivity contribution in [2.45, 2.75) is 45.7 Å². The Morgan fingerprint density at radius 2 is 1.65 bits per heavy atom. The predicted molar refractivity (Wildman–Crippen MR) is 183 cm³/mol. The lowest BCUT2D eigenvalue weighted by molar-refractivity contribution is -0.123. The molecule has 4 amide bonds. The summed E-state index contributed by atoms with van der Waals surface area (Å²) in [7, 11) is 0. The van der Waals surface area contributed by atoms with Crippen molar-refractivity contribution in [2.75, 3.05) is 38.0 Å². The Hall–Kier alpha value is -5.52. The first kappa shape index (κ1) is 33.8. The zero-order valence-electron chi connectivity index (χ0n) is 27.4. The molecule has 3 heterocycles. The molecule has 250 valence electrons. The van der Waals surface area contributed by atoms with E-state index < -0.39 is 11.9 Å². The number of carbonyl (C=O) groups is 4. The largest absolute Gasteiger partial charge is 0.383 e. The minimum atomic E-state index is -0.877. The summed E-state index contributed by atoms with van der Waals surface area (Å²) in [6.45, 7) is 5.98. The zero-order chi connectivity index (χ0) is 33.9. The van der Waals surface area contributed by atoms with Crippen LogP contribution in [0.25, 0.3) is 0 Å². The number of hydrogen-bond acceptors (Lipinski definition) is 7. The number of hydrogen-bond donors (Lipinski definition) is 4. The summed E-state index contributed by atoms with van der Waals surface area (Å²) in [5.74, 6) is -1.19. The molecule has 0 unspecified atom stereocenters. The molecule has 4 aromatic rings. The summed E-state index contributed by atoms with van der Waals surface area (Å²) in [5.41, 5.74) is 5.11. The van der Waals surface area contributed by atoms with Crippen LogP contribution in [0.5, 0.6) is 0 Å². The normalized spacial score (nSPS) is 16.8. The van der Waals surface area contributed by atoms with E-state index in [0.717, 1.165) is 22.5 Å². The van der Waals surface area contributed by atoms with Gasteiger partial charge in [0, 0.05) is 68.7 Å². The number of rotatable bonds is 5. The highest BCUT2D eigenvalue weighted by Crippen LogP contribution is 2.14. The van der Waals surface area contributed by atoms with E-state index in [-0.39, 0.29) is 49.3 Å². The average molecular weight is 651 g/mol. The van der Waals surface area contributed by atoms with E-state index >= 15 is 0 Å². The Bertz CT molecular complexity index is 1740. The fourth-order valence-electron chi connectivity index (χ4n) is 5.63. The van der Waals surface area contributed by atoms with Crippen molar-refractivity contribution in [1.29, 1.82) is 0 Å². The second-order valence-corrected chi connectivity index (χ2v) is 11.9. The first-order chi connectivity index (χ1) is 23.2. The fourth-order valence-corrected chi connectivity index (χ4v) is 5.63. The van der Waals surface area contributed by atoms with Crippen molar-refractivity contribution >= 4 is 29.3 Å². The van der Waals surface area contributed by atoms with Crippen LogP contribution in [0.3, 0.4) is 0 Å². The van der Waals surface area contributed by atoms with Gasteiger partial charge in [-0.15, -0.1) is 0 Å². The van der Waals surface area contributed by atoms with Crippen molar-refractivity contribution in [3.05, 3.63) is 113 Å². The molecule has 0 saturated heterocycles. The van der Waals surface area contributed by atoms with E-state index in [2.05, 4.69) is 31.3 Å². The van der Waals surface area contributed by atoms with Crippen LogP contribution < -0.4 is 21.3 Å². The summed E-state index contributed by atoms with van der Waals surface area (Å²) >= 11 is 0. The van der Waals surface area contributed by atoms with Crippen LogP contribution in [-0.2, 0) is 22.6 Å². The average Bonchev–Trinajstić information content (AvgIpc) is 3.41. The maximum absolute atomic E-state index is 13.9. The Morgan fingerprint density at radius 1 is 0.854 bits per heavy atom. The van der Waals surface area contributed by atoms with Gasteiger partial charge in [-0.05, 0) is 61.7 Å². The highest BCUT2D eigenvalue weighted by atomic mass is 16.2. The summed E-state index contributed by atoms with van der Waals surface area (Å²) in [5, 5.41) is 16.4. The maximum Gasteiger partial charge on any atom is 0.270 e. The number of carbonyl (C=O) groups excluding carboxylic acids is 4. The molecule has 48 heavy (non-hydrogen) atoms. The first-order valence-corrected chi connectivity index (χ1v) is 16.2. The van der Waals surface area contributed by atoms with Gasteiger partial charge >= 0.3 is 0 Å². The van der Waals surface area contributed by atoms with Crippen LogP contribution in [0.4, 0.5) is 5.69 Å². The third kappa shape index (κ3) is 9.50. The minimum Gasteiger partial charge on any atom is -0.383 e. The Morgan fingerprint density at radius 3 is 2.44 bits per heavy atom. The molecule has 2 bridgehead atoms. The van der Waals surface area contributed by atoms with E-state index in [9.17, 15) is 19.2 Å². The molecule has 1 aliphatic rings. The van der Waals surface area contributed by atoms with Crippen LogP contribution in [0.15, 0.2) is 79.0 Å². The van der Waals surface area contributed by atoms with Gasteiger partial charge in [0.2, 0.25) is 11.8 Å². The van der Waals surface area contributed by atoms with Gasteiger partial charge in [0.1, 0.15) is 11.7 Å². The molecule has 1 atom stereocenters. The number of anilines is 1. The third-order valence-electron chi connectivity index (χ3n) is 8.08. The Balaban J connectivity index is 1.34. The van der Waals surface area contributed by atoms with Gasteiger partial charge in [-0.3, -0.25) is 28.8 Å². The molecule has 0 spiro atoms. The Labute approximate surface area is 280 Å². The van der Waals surface area contributed by atoms with Crippen molar-refractivity contribution in [1.82, 2.24) is 35.6 Å². The standard InChI is InChI=1S/C36H42N8O4/c1-25-20-26(2)44(42-25)24-28-10-6-11-29(21-28)36(48)43-18-7-12-33(45)39-16-15-37-30-13-14-38-31(23-30)35(47)41-32(34(46)40-17-19-43)22-27-8-4-3-5-9-27/h3-6,8-11,13-14,20-21,23,32,37H,7,12,15-19,22,24H2,1-2H3,(H,39,45)(H,40,46)(H,41,47)/t32-/m0/s1. The van der Waals surface area contributed by atoms with Gasteiger partial charge in [-0.2, -0.15) is 5.10 Å². The van der Waals surface area contributed by atoms with Crippen molar-refractivity contribution in [3.63, 3.8) is 0 Å². The number of aromatic nitrogens is 3. The number of aryl methyl sites for hydroxylation is 2. The van der Waals surface area contributed by atoms with Crippen LogP contribution in [0.2, 0.25) is 0 Å². The van der Waals surface area contributed by atoms with E-state index in [1.54, 1.807) is 23.1 Å². The molecule has 4 N–H and O–H groups in total. The monoisotopic (exact) mass is 650 g/mol. The quantitative estimate of drug-likeness (QED) is 0.260. The predicted octanol–water partition coefficient (Wildman–Crippen LogP) is 2.86. The molecule has 2 aromatic carbocycles. The van der Waals surface area contributed by atoms with Crippen molar-refractivity contribution in [3.8, 4) is 0 Å². The van der Waals surface area contributed by atoms with Gasteiger partial charge in [-0.25, -0.2) is 0 Å². The zero-order valence-corrected chi connectivity index (χ0v) is 27.4. The van der Waals surface area contributed by atoms with E-state index in [4.69, 9.17) is 0 Å². The third-order valence-corrected chi connectivity index (χ3v) is 8.08. The molecule has 1 aliphatic heterocycles. The molecule has 5 rings (SSSR count). The molecule has 0 radical (unpaired) electrons. The van der Waals surface area contributed by atoms with Gasteiger partial charge in [0.25, 0.3) is 11.8 Å². The molecule has 0 fully saturated rings. The first-order valence-electron chi connectivity index (χ1n) is 16.2. The Kier molecular flexibility index (Phi) is 11.5. The molecule has 0 saturated carbocycles. The highest BCUT2D eigenvalue weighted by molar-refractivity contribution is 5.97. The van der Waals surface area contributed by atoms with Crippen molar-refractivity contribution in [2.24, 2.45) is 0 Å². The lowest BCUT2D eigenvalue weighted by Gasteiger charge is -2.24. The number of pyridine rings is 1. The smallest absolute Gasteiger partial charge is 0.270 e. The van der Waals surface area contributed by atoms with Crippen molar-refractivity contribution < 1.29 is 19.2 Å². The molecular formula is C36H42N8O4. The van der Waals surface area contributed by atoms with Crippen LogP contribution in [-0.4, -0.2) is 82.1 Å².